The van der Waals surface area contributed by atoms with Crippen molar-refractivity contribution in [3.63, 3.8) is 0 Å². The van der Waals surface area contributed by atoms with Crippen molar-refractivity contribution in [3.05, 3.63) is 53.6 Å². The summed E-state index contributed by atoms with van der Waals surface area (Å²) in [6, 6.07) is 14.4. The zero-order chi connectivity index (χ0) is 18.4. The van der Waals surface area contributed by atoms with E-state index in [4.69, 9.17) is 16.3 Å². The second-order valence-electron chi connectivity index (χ2n) is 5.53. The van der Waals surface area contributed by atoms with Gasteiger partial charge in [-0.25, -0.2) is 0 Å². The number of hydrogen-bond acceptors (Lipinski definition) is 3. The maximum atomic E-state index is 12.5. The Morgan fingerprint density at radius 3 is 2.40 bits per heavy atom. The molecule has 25 heavy (non-hydrogen) atoms. The molecule has 5 nitrogen and oxygen atoms in total. The highest BCUT2D eigenvalue weighted by molar-refractivity contribution is 6.31. The normalized spacial score (nSPS) is 10.2. The lowest BCUT2D eigenvalue weighted by Gasteiger charge is -2.25. The van der Waals surface area contributed by atoms with Crippen LogP contribution in [0.3, 0.4) is 0 Å². The van der Waals surface area contributed by atoms with Gasteiger partial charge in [-0.1, -0.05) is 29.8 Å². The van der Waals surface area contributed by atoms with Crippen molar-refractivity contribution >= 4 is 34.8 Å². The van der Waals surface area contributed by atoms with Crippen molar-refractivity contribution in [2.75, 3.05) is 30.5 Å². The van der Waals surface area contributed by atoms with E-state index in [9.17, 15) is 9.59 Å². The highest BCUT2D eigenvalue weighted by atomic mass is 35.5. The molecule has 0 aromatic heterocycles. The van der Waals surface area contributed by atoms with Gasteiger partial charge >= 0.3 is 0 Å². The van der Waals surface area contributed by atoms with Crippen LogP contribution in [0.4, 0.5) is 11.4 Å². The van der Waals surface area contributed by atoms with Crippen molar-refractivity contribution in [1.82, 2.24) is 0 Å². The second kappa shape index (κ2) is 8.53. The molecular formula is C19H21ClN2O3. The molecule has 0 saturated carbocycles. The number of methoxy groups -OCH3 is 1. The number of hydrogen-bond donors (Lipinski definition) is 0. The highest BCUT2D eigenvalue weighted by Crippen LogP contribution is 2.31. The zero-order valence-corrected chi connectivity index (χ0v) is 15.3. The van der Waals surface area contributed by atoms with Crippen LogP contribution in [0, 0.1) is 0 Å². The number of nitrogens with zero attached hydrogens (tertiary/aromatic N) is 2. The summed E-state index contributed by atoms with van der Waals surface area (Å²) in [5, 5.41) is 0.495. The van der Waals surface area contributed by atoms with Gasteiger partial charge in [0.05, 0.1) is 12.8 Å². The first-order valence-electron chi connectivity index (χ1n) is 7.87. The van der Waals surface area contributed by atoms with Crippen LogP contribution >= 0.6 is 11.6 Å². The molecule has 2 rings (SSSR count). The summed E-state index contributed by atoms with van der Waals surface area (Å²) < 4.78 is 5.31. The summed E-state index contributed by atoms with van der Waals surface area (Å²) in [7, 11) is 3.25. The smallest absolute Gasteiger partial charge is 0.228 e. The first kappa shape index (κ1) is 18.8. The van der Waals surface area contributed by atoms with Crippen LogP contribution in [-0.2, 0) is 9.59 Å². The Morgan fingerprint density at radius 2 is 1.80 bits per heavy atom. The van der Waals surface area contributed by atoms with Gasteiger partial charge in [0.25, 0.3) is 0 Å². The Balaban J connectivity index is 2.14. The van der Waals surface area contributed by atoms with Gasteiger partial charge in [-0.15, -0.1) is 0 Å². The SMILES string of the molecule is COc1ccc(Cl)cc1N(CCC(=O)N(C)c1ccccc1)C(C)=O. The number of benzene rings is 2. The van der Waals surface area contributed by atoms with Gasteiger partial charge in [0.2, 0.25) is 11.8 Å². The molecule has 0 radical (unpaired) electrons. The lowest BCUT2D eigenvalue weighted by atomic mass is 10.2. The molecule has 0 aliphatic rings. The van der Waals surface area contributed by atoms with Crippen LogP contribution in [-0.4, -0.2) is 32.5 Å². The fraction of sp³-hybridized carbons (Fsp3) is 0.263. The fourth-order valence-corrected chi connectivity index (χ4v) is 2.66. The number of carbonyl (C=O) groups is 2. The summed E-state index contributed by atoms with van der Waals surface area (Å²) >= 11 is 6.05. The molecule has 0 N–H and O–H groups in total. The van der Waals surface area contributed by atoms with E-state index < -0.39 is 0 Å². The van der Waals surface area contributed by atoms with Gasteiger partial charge in [-0.05, 0) is 30.3 Å². The van der Waals surface area contributed by atoms with Gasteiger partial charge in [-0.2, -0.15) is 0 Å². The van der Waals surface area contributed by atoms with Gasteiger partial charge in [0, 0.05) is 37.6 Å². The van der Waals surface area contributed by atoms with Crippen LogP contribution in [0.15, 0.2) is 48.5 Å². The molecule has 0 unspecified atom stereocenters. The van der Waals surface area contributed by atoms with E-state index in [1.807, 2.05) is 30.3 Å². The molecular weight excluding hydrogens is 340 g/mol. The second-order valence-corrected chi connectivity index (χ2v) is 5.96. The Bertz CT molecular complexity index is 750. The van der Waals surface area contributed by atoms with Gasteiger partial charge in [-0.3, -0.25) is 9.59 Å². The van der Waals surface area contributed by atoms with E-state index in [1.165, 1.54) is 18.9 Å². The summed E-state index contributed by atoms with van der Waals surface area (Å²) in [5.41, 5.74) is 1.36. The lowest BCUT2D eigenvalue weighted by molar-refractivity contribution is -0.118. The number of rotatable bonds is 6. The van der Waals surface area contributed by atoms with Crippen LogP contribution in [0.25, 0.3) is 0 Å². The summed E-state index contributed by atoms with van der Waals surface area (Å²) in [5.74, 6) is 0.262. The predicted octanol–water partition coefficient (Wildman–Crippen LogP) is 3.75. The third-order valence-corrected chi connectivity index (χ3v) is 4.11. The third-order valence-electron chi connectivity index (χ3n) is 3.88. The third kappa shape index (κ3) is 4.73. The quantitative estimate of drug-likeness (QED) is 0.788. The molecule has 2 amide bonds. The van der Waals surface area contributed by atoms with Crippen LogP contribution in [0.2, 0.25) is 5.02 Å². The molecule has 0 atom stereocenters. The Kier molecular flexibility index (Phi) is 6.42. The van der Waals surface area contributed by atoms with Crippen molar-refractivity contribution < 1.29 is 14.3 Å². The zero-order valence-electron chi connectivity index (χ0n) is 14.5. The fourth-order valence-electron chi connectivity index (χ4n) is 2.49. The number of ether oxygens (including phenoxy) is 1. The van der Waals surface area contributed by atoms with E-state index in [2.05, 4.69) is 0 Å². The number of halogens is 1. The number of anilines is 2. The average Bonchev–Trinajstić information content (AvgIpc) is 2.61. The topological polar surface area (TPSA) is 49.9 Å². The lowest BCUT2D eigenvalue weighted by Crippen LogP contribution is -2.35. The molecule has 0 spiro atoms. The monoisotopic (exact) mass is 360 g/mol. The van der Waals surface area contributed by atoms with Crippen molar-refractivity contribution in [1.29, 1.82) is 0 Å². The van der Waals surface area contributed by atoms with Crippen molar-refractivity contribution in [2.24, 2.45) is 0 Å². The Morgan fingerprint density at radius 1 is 1.12 bits per heavy atom. The molecule has 0 saturated heterocycles. The van der Waals surface area contributed by atoms with Gasteiger partial charge in [0.15, 0.2) is 0 Å². The summed E-state index contributed by atoms with van der Waals surface area (Å²) in [6.45, 7) is 1.69. The minimum atomic E-state index is -0.185. The molecule has 6 heteroatoms. The molecule has 0 fully saturated rings. The number of carbonyl (C=O) groups excluding carboxylic acids is 2. The molecule has 0 heterocycles. The number of amides is 2. The van der Waals surface area contributed by atoms with Gasteiger partial charge < -0.3 is 14.5 Å². The molecule has 0 aliphatic heterocycles. The van der Waals surface area contributed by atoms with Crippen LogP contribution in [0.1, 0.15) is 13.3 Å². The molecule has 0 bridgehead atoms. The minimum Gasteiger partial charge on any atom is -0.495 e. The van der Waals surface area contributed by atoms with E-state index in [0.717, 1.165) is 5.69 Å². The molecule has 0 aliphatic carbocycles. The minimum absolute atomic E-state index is 0.0848. The maximum Gasteiger partial charge on any atom is 0.228 e. The summed E-state index contributed by atoms with van der Waals surface area (Å²) in [6.07, 6.45) is 0.181. The number of para-hydroxylation sites is 1. The molecule has 2 aromatic carbocycles. The largest absolute Gasteiger partial charge is 0.495 e. The Hall–Kier alpha value is -2.53. The standard InChI is InChI=1S/C19H21ClN2O3/c1-14(23)22(17-13-15(20)9-10-18(17)25-3)12-11-19(24)21(2)16-7-5-4-6-8-16/h4-10,13H,11-12H2,1-3H3. The summed E-state index contributed by atoms with van der Waals surface area (Å²) in [4.78, 5) is 27.6. The van der Waals surface area contributed by atoms with Crippen molar-refractivity contribution in [3.8, 4) is 5.75 Å². The van der Waals surface area contributed by atoms with E-state index >= 15 is 0 Å². The van der Waals surface area contributed by atoms with Crippen LogP contribution < -0.4 is 14.5 Å². The average molecular weight is 361 g/mol. The van der Waals surface area contributed by atoms with E-state index in [0.29, 0.717) is 16.5 Å². The predicted molar refractivity (Wildman–Crippen MR) is 101 cm³/mol. The first-order chi connectivity index (χ1) is 11.9. The highest BCUT2D eigenvalue weighted by Gasteiger charge is 2.19. The molecule has 132 valence electrons. The van der Waals surface area contributed by atoms with Crippen molar-refractivity contribution in [2.45, 2.75) is 13.3 Å². The van der Waals surface area contributed by atoms with E-state index in [-0.39, 0.29) is 24.8 Å². The molecule has 2 aromatic rings. The van der Waals surface area contributed by atoms with Crippen LogP contribution in [0.5, 0.6) is 5.75 Å². The van der Waals surface area contributed by atoms with E-state index in [1.54, 1.807) is 30.1 Å². The van der Waals surface area contributed by atoms with Gasteiger partial charge in [0.1, 0.15) is 5.75 Å². The Labute approximate surface area is 152 Å². The maximum absolute atomic E-state index is 12.5. The first-order valence-corrected chi connectivity index (χ1v) is 8.25.